The van der Waals surface area contributed by atoms with Gasteiger partial charge in [0.15, 0.2) is 0 Å². The van der Waals surface area contributed by atoms with Gasteiger partial charge in [0.25, 0.3) is 0 Å². The zero-order chi connectivity index (χ0) is 19.5. The molecule has 9 heteroatoms. The molecule has 0 aliphatic heterocycles. The van der Waals surface area contributed by atoms with Crippen LogP contribution in [0.1, 0.15) is 53.4 Å². The number of ether oxygens (including phenoxy) is 1. The van der Waals surface area contributed by atoms with Crippen LogP contribution in [0.4, 0.5) is 0 Å². The minimum absolute atomic E-state index is 0.0736. The van der Waals surface area contributed by atoms with Crippen LogP contribution in [0.15, 0.2) is 34.9 Å². The first kappa shape index (κ1) is 24.5. The minimum Gasteiger partial charge on any atom is -0.365 e. The molecule has 0 aliphatic rings. The molecular weight excluding hydrogens is 366 g/mol. The molecule has 0 aliphatic carbocycles. The highest BCUT2D eigenvalue weighted by atomic mass is 31.3. The standard InChI is InChI=1S/C16H30O7P2/c1-14(2)7-5-8-15(3)9-6-10-16(4)11-12-22-13-24(17,18)23-25(19,20)21/h7,9,11H,5-6,8,10,12-13H2,1-4H3,(H,17,18)(H2,19,20,21)/b15-9+,16-11+. The molecule has 1 atom stereocenters. The highest BCUT2D eigenvalue weighted by Crippen LogP contribution is 2.56. The maximum absolute atomic E-state index is 11.3. The van der Waals surface area contributed by atoms with E-state index in [4.69, 9.17) is 14.5 Å². The van der Waals surface area contributed by atoms with Gasteiger partial charge in [-0.2, -0.15) is 0 Å². The van der Waals surface area contributed by atoms with Crippen LogP contribution >= 0.6 is 15.4 Å². The van der Waals surface area contributed by atoms with Crippen LogP contribution < -0.4 is 0 Å². The molecule has 3 N–H and O–H groups in total. The van der Waals surface area contributed by atoms with Gasteiger partial charge in [0.05, 0.1) is 6.61 Å². The number of allylic oxidation sites excluding steroid dienone is 5. The van der Waals surface area contributed by atoms with Gasteiger partial charge >= 0.3 is 15.4 Å². The molecule has 146 valence electrons. The topological polar surface area (TPSA) is 113 Å². The summed E-state index contributed by atoms with van der Waals surface area (Å²) in [6.07, 6.45) is 9.26. The zero-order valence-electron chi connectivity index (χ0n) is 15.3. The first-order valence-electron chi connectivity index (χ1n) is 8.02. The zero-order valence-corrected chi connectivity index (χ0v) is 17.1. The molecule has 0 amide bonds. The van der Waals surface area contributed by atoms with Crippen LogP contribution in [0.5, 0.6) is 0 Å². The molecule has 0 spiro atoms. The SMILES string of the molecule is CC(C)=CCC/C(C)=C/CC/C(C)=C/COCP(=O)(O)OP(=O)(O)O. The summed E-state index contributed by atoms with van der Waals surface area (Å²) in [7, 11) is -9.47. The van der Waals surface area contributed by atoms with Crippen LogP contribution in [-0.2, 0) is 18.2 Å². The normalized spacial score (nSPS) is 15.8. The average Bonchev–Trinajstić information content (AvgIpc) is 2.40. The lowest BCUT2D eigenvalue weighted by Crippen LogP contribution is -1.99. The molecule has 0 saturated heterocycles. The van der Waals surface area contributed by atoms with Crippen LogP contribution in [-0.4, -0.2) is 27.6 Å². The monoisotopic (exact) mass is 396 g/mol. The fraction of sp³-hybridized carbons (Fsp3) is 0.625. The van der Waals surface area contributed by atoms with Gasteiger partial charge in [-0.15, -0.1) is 0 Å². The summed E-state index contributed by atoms with van der Waals surface area (Å²) in [5, 5.41) is 0. The fourth-order valence-corrected chi connectivity index (χ4v) is 3.75. The Morgan fingerprint density at radius 2 is 1.40 bits per heavy atom. The quantitative estimate of drug-likeness (QED) is 0.249. The van der Waals surface area contributed by atoms with Crippen molar-refractivity contribution < 1.29 is 32.9 Å². The lowest BCUT2D eigenvalue weighted by molar-refractivity contribution is 0.178. The molecule has 7 nitrogen and oxygen atoms in total. The van der Waals surface area contributed by atoms with Crippen molar-refractivity contribution in [2.24, 2.45) is 0 Å². The summed E-state index contributed by atoms with van der Waals surface area (Å²) in [6, 6.07) is 0. The third kappa shape index (κ3) is 16.7. The molecule has 0 saturated carbocycles. The largest absolute Gasteiger partial charge is 0.476 e. The number of hydrogen-bond donors (Lipinski definition) is 3. The summed E-state index contributed by atoms with van der Waals surface area (Å²) in [5.41, 5.74) is 3.74. The van der Waals surface area contributed by atoms with Crippen LogP contribution in [0.25, 0.3) is 0 Å². The minimum atomic E-state index is -5.01. The van der Waals surface area contributed by atoms with Gasteiger partial charge < -0.3 is 19.4 Å². The van der Waals surface area contributed by atoms with Crippen molar-refractivity contribution >= 4 is 15.4 Å². The molecule has 0 aromatic rings. The lowest BCUT2D eigenvalue weighted by atomic mass is 10.1. The molecule has 0 fully saturated rings. The third-order valence-corrected chi connectivity index (χ3v) is 5.54. The van der Waals surface area contributed by atoms with E-state index in [9.17, 15) is 14.0 Å². The molecule has 0 aromatic carbocycles. The van der Waals surface area contributed by atoms with Gasteiger partial charge in [0.1, 0.15) is 6.35 Å². The Labute approximate surface area is 150 Å². The third-order valence-electron chi connectivity index (χ3n) is 3.16. The van der Waals surface area contributed by atoms with E-state index in [0.717, 1.165) is 31.3 Å². The molecule has 0 heterocycles. The second kappa shape index (κ2) is 12.0. The molecule has 0 rings (SSSR count). The van der Waals surface area contributed by atoms with E-state index in [0.29, 0.717) is 0 Å². The lowest BCUT2D eigenvalue weighted by Gasteiger charge is -2.12. The van der Waals surface area contributed by atoms with E-state index in [-0.39, 0.29) is 6.61 Å². The maximum Gasteiger partial charge on any atom is 0.476 e. The molecular formula is C16H30O7P2. The van der Waals surface area contributed by atoms with Gasteiger partial charge in [-0.25, -0.2) is 8.88 Å². The highest BCUT2D eigenvalue weighted by Gasteiger charge is 2.30. The Bertz CT molecular complexity index is 583. The summed E-state index contributed by atoms with van der Waals surface area (Å²) >= 11 is 0. The van der Waals surface area contributed by atoms with Crippen LogP contribution in [0, 0.1) is 0 Å². The van der Waals surface area contributed by atoms with E-state index < -0.39 is 21.8 Å². The van der Waals surface area contributed by atoms with Crippen molar-refractivity contribution in [3.63, 3.8) is 0 Å². The van der Waals surface area contributed by atoms with Gasteiger partial charge in [0.2, 0.25) is 0 Å². The van der Waals surface area contributed by atoms with E-state index in [1.54, 1.807) is 6.08 Å². The van der Waals surface area contributed by atoms with Gasteiger partial charge in [-0.05, 0) is 53.4 Å². The van der Waals surface area contributed by atoms with Crippen molar-refractivity contribution in [1.82, 2.24) is 0 Å². The second-order valence-corrected chi connectivity index (χ2v) is 9.34. The predicted molar refractivity (Wildman–Crippen MR) is 99.2 cm³/mol. The Balaban J connectivity index is 4.08. The summed E-state index contributed by atoms with van der Waals surface area (Å²) < 4.78 is 30.6. The Morgan fingerprint density at radius 1 is 0.880 bits per heavy atom. The molecule has 0 aromatic heterocycles. The molecule has 0 bridgehead atoms. The van der Waals surface area contributed by atoms with Crippen LogP contribution in [0.3, 0.4) is 0 Å². The maximum atomic E-state index is 11.3. The predicted octanol–water partition coefficient (Wildman–Crippen LogP) is 4.67. The van der Waals surface area contributed by atoms with Crippen molar-refractivity contribution in [2.45, 2.75) is 53.4 Å². The van der Waals surface area contributed by atoms with Crippen molar-refractivity contribution in [3.8, 4) is 0 Å². The van der Waals surface area contributed by atoms with Crippen molar-refractivity contribution in [1.29, 1.82) is 0 Å². The average molecular weight is 396 g/mol. The first-order valence-corrected chi connectivity index (χ1v) is 11.3. The second-order valence-electron chi connectivity index (χ2n) is 6.17. The van der Waals surface area contributed by atoms with Gasteiger partial charge in [0, 0.05) is 0 Å². The number of rotatable bonds is 12. The van der Waals surface area contributed by atoms with Gasteiger partial charge in [-0.1, -0.05) is 34.9 Å². The smallest absolute Gasteiger partial charge is 0.365 e. The Kier molecular flexibility index (Phi) is 11.7. The summed E-state index contributed by atoms with van der Waals surface area (Å²) in [4.78, 5) is 26.2. The van der Waals surface area contributed by atoms with Crippen LogP contribution in [0.2, 0.25) is 0 Å². The number of hydrogen-bond acceptors (Lipinski definition) is 4. The van der Waals surface area contributed by atoms with Crippen molar-refractivity contribution in [2.75, 3.05) is 13.0 Å². The molecule has 25 heavy (non-hydrogen) atoms. The number of phosphoric acid groups is 1. The molecule has 0 radical (unpaired) electrons. The molecule has 1 unspecified atom stereocenters. The van der Waals surface area contributed by atoms with E-state index >= 15 is 0 Å². The summed E-state index contributed by atoms with van der Waals surface area (Å²) in [5.74, 6) is 0. The van der Waals surface area contributed by atoms with Crippen molar-refractivity contribution in [3.05, 3.63) is 34.9 Å². The summed E-state index contributed by atoms with van der Waals surface area (Å²) in [6.45, 7) is 8.29. The van der Waals surface area contributed by atoms with Gasteiger partial charge in [-0.3, -0.25) is 4.57 Å². The van der Waals surface area contributed by atoms with E-state index in [2.05, 4.69) is 37.2 Å². The fourth-order valence-electron chi connectivity index (χ4n) is 1.90. The first-order chi connectivity index (χ1) is 11.4. The Morgan fingerprint density at radius 3 is 1.92 bits per heavy atom. The van der Waals surface area contributed by atoms with E-state index in [1.807, 2.05) is 6.92 Å². The van der Waals surface area contributed by atoms with E-state index in [1.165, 1.54) is 11.1 Å². The highest BCUT2D eigenvalue weighted by molar-refractivity contribution is 7.63. The Hall–Kier alpha value is -0.520.